The molecule has 23 heavy (non-hydrogen) atoms. The molecule has 1 fully saturated rings. The lowest BCUT2D eigenvalue weighted by molar-refractivity contribution is 0.103. The van der Waals surface area contributed by atoms with Crippen LogP contribution in [0.15, 0.2) is 35.2 Å². The van der Waals surface area contributed by atoms with Gasteiger partial charge in [-0.1, -0.05) is 15.7 Å². The van der Waals surface area contributed by atoms with E-state index in [-0.39, 0.29) is 21.3 Å². The van der Waals surface area contributed by atoms with Crippen molar-refractivity contribution in [3.8, 4) is 0 Å². The molecule has 0 saturated heterocycles. The first-order valence-corrected chi connectivity index (χ1v) is 8.81. The van der Waals surface area contributed by atoms with Crippen molar-refractivity contribution in [1.29, 1.82) is 0 Å². The number of benzene rings is 1. The molecule has 1 saturated carbocycles. The zero-order chi connectivity index (χ0) is 16.6. The molecule has 122 valence electrons. The summed E-state index contributed by atoms with van der Waals surface area (Å²) in [6.07, 6.45) is 4.37. The zero-order valence-corrected chi connectivity index (χ0v) is 13.2. The van der Waals surface area contributed by atoms with E-state index in [0.29, 0.717) is 5.92 Å². The summed E-state index contributed by atoms with van der Waals surface area (Å²) in [6.45, 7) is 1.34. The molecule has 2 aromatic rings. The number of carbonyl (C=O) groups excluding carboxylic acids is 1. The molecule has 0 N–H and O–H groups in total. The summed E-state index contributed by atoms with van der Waals surface area (Å²) in [5.41, 5.74) is 0.733. The van der Waals surface area contributed by atoms with E-state index in [4.69, 9.17) is 0 Å². The third kappa shape index (κ3) is 2.98. The van der Waals surface area contributed by atoms with E-state index in [1.165, 1.54) is 19.2 Å². The first-order chi connectivity index (χ1) is 10.9. The Hall–Kier alpha value is -2.22. The SMILES string of the molecule is CCS(=O)(=O)N(F)c1ccc(C2CC2)cc1C(=O)c1cnoc1. The van der Waals surface area contributed by atoms with Gasteiger partial charge in [-0.15, -0.1) is 4.53 Å². The number of nitrogens with zero attached hydrogens (tertiary/aromatic N) is 2. The number of hydrogen-bond donors (Lipinski definition) is 0. The fourth-order valence-electron chi connectivity index (χ4n) is 2.30. The second kappa shape index (κ2) is 5.77. The summed E-state index contributed by atoms with van der Waals surface area (Å²) in [7, 11) is -4.12. The van der Waals surface area contributed by atoms with Crippen LogP contribution in [0.1, 0.15) is 47.2 Å². The predicted molar refractivity (Wildman–Crippen MR) is 81.4 cm³/mol. The lowest BCUT2D eigenvalue weighted by atomic mass is 10.00. The van der Waals surface area contributed by atoms with Crippen LogP contribution in [0.3, 0.4) is 0 Å². The molecule has 1 heterocycles. The van der Waals surface area contributed by atoms with E-state index >= 15 is 0 Å². The van der Waals surface area contributed by atoms with Gasteiger partial charge in [-0.05, 0) is 43.4 Å². The number of halogens is 1. The van der Waals surface area contributed by atoms with Gasteiger partial charge < -0.3 is 4.52 Å². The van der Waals surface area contributed by atoms with Crippen LogP contribution in [0.2, 0.25) is 0 Å². The molecule has 1 aromatic carbocycles. The number of ketones is 1. The van der Waals surface area contributed by atoms with Crippen molar-refractivity contribution in [2.45, 2.75) is 25.7 Å². The Morgan fingerprint density at radius 3 is 2.74 bits per heavy atom. The van der Waals surface area contributed by atoms with E-state index in [2.05, 4.69) is 9.68 Å². The van der Waals surface area contributed by atoms with Crippen LogP contribution in [-0.2, 0) is 10.0 Å². The Labute approximate surface area is 132 Å². The first-order valence-electron chi connectivity index (χ1n) is 7.21. The third-order valence-electron chi connectivity index (χ3n) is 3.81. The van der Waals surface area contributed by atoms with Crippen molar-refractivity contribution < 1.29 is 22.2 Å². The minimum atomic E-state index is -4.12. The van der Waals surface area contributed by atoms with Crippen LogP contribution in [-0.4, -0.2) is 25.1 Å². The fourth-order valence-corrected chi connectivity index (χ4v) is 2.98. The molecular weight excluding hydrogens is 323 g/mol. The summed E-state index contributed by atoms with van der Waals surface area (Å²) < 4.78 is 42.3. The molecule has 3 rings (SSSR count). The van der Waals surface area contributed by atoms with E-state index in [9.17, 15) is 17.7 Å². The van der Waals surface area contributed by atoms with Crippen molar-refractivity contribution in [3.63, 3.8) is 0 Å². The molecule has 0 bridgehead atoms. The van der Waals surface area contributed by atoms with Crippen LogP contribution in [0, 0.1) is 0 Å². The van der Waals surface area contributed by atoms with E-state index in [1.54, 1.807) is 12.1 Å². The molecule has 1 aliphatic rings. The molecule has 0 unspecified atom stereocenters. The Kier molecular flexibility index (Phi) is 3.93. The first kappa shape index (κ1) is 15.7. The fraction of sp³-hybridized carbons (Fsp3) is 0.333. The number of rotatable bonds is 6. The highest BCUT2D eigenvalue weighted by molar-refractivity contribution is 7.92. The summed E-state index contributed by atoms with van der Waals surface area (Å²) in [5.74, 6) is -0.596. The summed E-state index contributed by atoms with van der Waals surface area (Å²) in [6, 6.07) is 4.55. The number of sulfonamides is 1. The van der Waals surface area contributed by atoms with E-state index in [0.717, 1.165) is 24.7 Å². The third-order valence-corrected chi connectivity index (χ3v) is 5.22. The standard InChI is InChI=1S/C15H15FN2O4S/c1-2-23(20,21)18(16)14-6-5-11(10-3-4-10)7-13(14)15(19)12-8-17-22-9-12/h5-10H,2-4H2,1H3. The van der Waals surface area contributed by atoms with Gasteiger partial charge in [0.2, 0.25) is 0 Å². The highest BCUT2D eigenvalue weighted by atomic mass is 32.2. The molecule has 0 amide bonds. The quantitative estimate of drug-likeness (QED) is 0.597. The molecular formula is C15H15FN2O4S. The monoisotopic (exact) mass is 338 g/mol. The summed E-state index contributed by atoms with van der Waals surface area (Å²) in [4.78, 5) is 12.6. The second-order valence-corrected chi connectivity index (χ2v) is 7.47. The molecule has 1 aliphatic carbocycles. The van der Waals surface area contributed by atoms with Crippen LogP contribution in [0.25, 0.3) is 0 Å². The Bertz CT molecular complexity index is 829. The molecule has 0 aliphatic heterocycles. The maximum absolute atomic E-state index is 14.4. The maximum Gasteiger partial charge on any atom is 0.261 e. The lowest BCUT2D eigenvalue weighted by Crippen LogP contribution is -2.26. The van der Waals surface area contributed by atoms with Crippen LogP contribution < -0.4 is 4.53 Å². The zero-order valence-electron chi connectivity index (χ0n) is 12.4. The van der Waals surface area contributed by atoms with Crippen LogP contribution in [0.4, 0.5) is 10.2 Å². The van der Waals surface area contributed by atoms with Gasteiger partial charge >= 0.3 is 0 Å². The summed E-state index contributed by atoms with van der Waals surface area (Å²) in [5, 5.41) is 3.46. The minimum absolute atomic E-state index is 0.0166. The number of hydrogen-bond acceptors (Lipinski definition) is 5. The van der Waals surface area contributed by atoms with Gasteiger partial charge in [0.05, 0.1) is 28.8 Å². The highest BCUT2D eigenvalue weighted by Gasteiger charge is 2.30. The van der Waals surface area contributed by atoms with Crippen LogP contribution in [0.5, 0.6) is 0 Å². The van der Waals surface area contributed by atoms with Gasteiger partial charge in [0, 0.05) is 0 Å². The highest BCUT2D eigenvalue weighted by Crippen LogP contribution is 2.42. The topological polar surface area (TPSA) is 80.5 Å². The van der Waals surface area contributed by atoms with Crippen molar-refractivity contribution in [2.75, 3.05) is 10.3 Å². The predicted octanol–water partition coefficient (Wildman–Crippen LogP) is 2.82. The summed E-state index contributed by atoms with van der Waals surface area (Å²) >= 11 is 0. The van der Waals surface area contributed by atoms with Gasteiger partial charge in [0.15, 0.2) is 5.78 Å². The maximum atomic E-state index is 14.4. The van der Waals surface area contributed by atoms with Crippen molar-refractivity contribution in [3.05, 3.63) is 47.3 Å². The number of aromatic nitrogens is 1. The van der Waals surface area contributed by atoms with Crippen molar-refractivity contribution >= 4 is 21.5 Å². The van der Waals surface area contributed by atoms with Gasteiger partial charge in [0.25, 0.3) is 10.0 Å². The van der Waals surface area contributed by atoms with Crippen molar-refractivity contribution in [2.24, 2.45) is 0 Å². The van der Waals surface area contributed by atoms with Crippen molar-refractivity contribution in [1.82, 2.24) is 5.16 Å². The normalized spacial score (nSPS) is 14.7. The number of anilines is 1. The van der Waals surface area contributed by atoms with Gasteiger partial charge in [-0.2, -0.15) is 0 Å². The molecule has 6 nitrogen and oxygen atoms in total. The lowest BCUT2D eigenvalue weighted by Gasteiger charge is -2.17. The molecule has 8 heteroatoms. The largest absolute Gasteiger partial charge is 0.364 e. The Morgan fingerprint density at radius 2 is 2.17 bits per heavy atom. The molecule has 0 atom stereocenters. The Balaban J connectivity index is 2.10. The van der Waals surface area contributed by atoms with Gasteiger partial charge in [-0.25, -0.2) is 8.42 Å². The average Bonchev–Trinajstić information content (AvgIpc) is 3.27. The smallest absolute Gasteiger partial charge is 0.261 e. The average molecular weight is 338 g/mol. The Morgan fingerprint density at radius 1 is 1.43 bits per heavy atom. The molecule has 0 spiro atoms. The number of carbonyl (C=O) groups is 1. The van der Waals surface area contributed by atoms with Crippen LogP contribution >= 0.6 is 0 Å². The van der Waals surface area contributed by atoms with E-state index in [1.807, 2.05) is 0 Å². The molecule has 0 radical (unpaired) electrons. The van der Waals surface area contributed by atoms with Gasteiger partial charge in [0.1, 0.15) is 6.26 Å². The van der Waals surface area contributed by atoms with E-state index < -0.39 is 21.6 Å². The second-order valence-electron chi connectivity index (χ2n) is 5.41. The molecule has 1 aromatic heterocycles. The van der Waals surface area contributed by atoms with Gasteiger partial charge in [-0.3, -0.25) is 4.79 Å². The minimum Gasteiger partial charge on any atom is -0.364 e.